The van der Waals surface area contributed by atoms with E-state index in [0.717, 1.165) is 4.68 Å². The Morgan fingerprint density at radius 1 is 1.31 bits per heavy atom. The second kappa shape index (κ2) is 7.55. The Bertz CT molecular complexity index is 1110. The molecule has 0 radical (unpaired) electrons. The Hall–Kier alpha value is -4.00. The molecule has 1 aromatic carbocycles. The summed E-state index contributed by atoms with van der Waals surface area (Å²) in [6.07, 6.45) is 1.23. The minimum absolute atomic E-state index is 0.00237. The van der Waals surface area contributed by atoms with Crippen LogP contribution in [0.1, 0.15) is 36.8 Å². The van der Waals surface area contributed by atoms with Crippen molar-refractivity contribution >= 4 is 23.3 Å². The van der Waals surface area contributed by atoms with Crippen LogP contribution in [-0.4, -0.2) is 31.3 Å². The zero-order valence-electron chi connectivity index (χ0n) is 16.0. The largest absolute Gasteiger partial charge is 0.456 e. The zero-order chi connectivity index (χ0) is 21.2. The van der Waals surface area contributed by atoms with E-state index in [2.05, 4.69) is 20.4 Å². The molecule has 3 rings (SSSR count). The number of hydrogen-bond acceptors (Lipinski definition) is 8. The maximum absolute atomic E-state index is 13.9. The normalized spacial score (nSPS) is 11.0. The van der Waals surface area contributed by atoms with Crippen molar-refractivity contribution in [2.24, 2.45) is 0 Å². The van der Waals surface area contributed by atoms with Crippen LogP contribution < -0.4 is 11.1 Å². The number of hydrogen-bond donors (Lipinski definition) is 2. The van der Waals surface area contributed by atoms with Gasteiger partial charge in [-0.05, 0) is 32.9 Å². The van der Waals surface area contributed by atoms with Crippen LogP contribution >= 0.6 is 0 Å². The molecule has 0 saturated heterocycles. The van der Waals surface area contributed by atoms with Crippen LogP contribution in [0, 0.1) is 17.1 Å². The maximum atomic E-state index is 13.9. The summed E-state index contributed by atoms with van der Waals surface area (Å²) in [5, 5.41) is 16.1. The quantitative estimate of drug-likeness (QED) is 0.645. The van der Waals surface area contributed by atoms with Gasteiger partial charge in [0.05, 0.1) is 11.9 Å². The van der Waals surface area contributed by atoms with Gasteiger partial charge in [0, 0.05) is 6.07 Å². The van der Waals surface area contributed by atoms with Crippen molar-refractivity contribution in [2.75, 3.05) is 11.1 Å². The molecule has 0 aliphatic rings. The molecule has 0 bridgehead atoms. The number of carbonyl (C=O) groups excluding carboxylic acids is 1. The third kappa shape index (κ3) is 4.47. The van der Waals surface area contributed by atoms with Crippen molar-refractivity contribution in [1.82, 2.24) is 19.7 Å². The smallest absolute Gasteiger partial charge is 0.344 e. The number of nitrogens with zero attached hydrogens (tertiary/aromatic N) is 5. The molecular weight excluding hydrogens is 377 g/mol. The summed E-state index contributed by atoms with van der Waals surface area (Å²) in [6.45, 7) is 5.18. The van der Waals surface area contributed by atoms with Crippen molar-refractivity contribution in [3.05, 3.63) is 53.6 Å². The molecule has 2 aromatic heterocycles. The first-order valence-corrected chi connectivity index (χ1v) is 8.56. The van der Waals surface area contributed by atoms with Gasteiger partial charge in [-0.1, -0.05) is 12.1 Å². The molecule has 0 atom stereocenters. The summed E-state index contributed by atoms with van der Waals surface area (Å²) in [5.41, 5.74) is 5.53. The van der Waals surface area contributed by atoms with E-state index >= 15 is 0 Å². The predicted molar refractivity (Wildman–Crippen MR) is 103 cm³/mol. The summed E-state index contributed by atoms with van der Waals surface area (Å²) in [6, 6.07) is 9.26. The summed E-state index contributed by atoms with van der Waals surface area (Å²) < 4.78 is 20.3. The topological polar surface area (TPSA) is 132 Å². The molecule has 0 spiro atoms. The number of rotatable bonds is 4. The molecule has 10 heteroatoms. The van der Waals surface area contributed by atoms with Crippen LogP contribution in [0.25, 0.3) is 5.95 Å². The second-order valence-electron chi connectivity index (χ2n) is 7.01. The molecule has 148 valence electrons. The maximum Gasteiger partial charge on any atom is 0.344 e. The molecule has 2 heterocycles. The molecule has 29 heavy (non-hydrogen) atoms. The first kappa shape index (κ1) is 19.8. The van der Waals surface area contributed by atoms with Crippen LogP contribution in [0.15, 0.2) is 36.5 Å². The van der Waals surface area contributed by atoms with E-state index in [0.29, 0.717) is 0 Å². The van der Waals surface area contributed by atoms with Crippen molar-refractivity contribution in [3.63, 3.8) is 0 Å². The molecule has 0 aliphatic carbocycles. The van der Waals surface area contributed by atoms with Gasteiger partial charge in [-0.25, -0.2) is 9.18 Å². The average molecular weight is 395 g/mol. The van der Waals surface area contributed by atoms with Gasteiger partial charge in [-0.15, -0.1) is 0 Å². The fraction of sp³-hybridized carbons (Fsp3) is 0.211. The van der Waals surface area contributed by atoms with E-state index in [-0.39, 0.29) is 34.5 Å². The van der Waals surface area contributed by atoms with Gasteiger partial charge in [-0.3, -0.25) is 0 Å². The fourth-order valence-corrected chi connectivity index (χ4v) is 2.36. The molecule has 9 nitrogen and oxygen atoms in total. The Morgan fingerprint density at radius 2 is 2.03 bits per heavy atom. The number of anilines is 3. The summed E-state index contributed by atoms with van der Waals surface area (Å²) >= 11 is 0. The second-order valence-corrected chi connectivity index (χ2v) is 7.01. The summed E-state index contributed by atoms with van der Waals surface area (Å²) in [4.78, 5) is 20.6. The SMILES string of the molecule is CC(C)(C)OC(=O)c1cnn(-c2nc(C#N)cc(Nc3ccccc3F)n2)c1N. The molecule has 0 fully saturated rings. The number of nitrogens with one attached hydrogen (secondary N) is 1. The van der Waals surface area contributed by atoms with Gasteiger partial charge in [0.15, 0.2) is 0 Å². The lowest BCUT2D eigenvalue weighted by Crippen LogP contribution is -2.24. The van der Waals surface area contributed by atoms with E-state index in [1.54, 1.807) is 32.9 Å². The highest BCUT2D eigenvalue weighted by molar-refractivity contribution is 5.94. The minimum Gasteiger partial charge on any atom is -0.456 e. The molecule has 3 N–H and O–H groups in total. The number of para-hydroxylation sites is 1. The van der Waals surface area contributed by atoms with E-state index in [4.69, 9.17) is 10.5 Å². The molecule has 0 aliphatic heterocycles. The van der Waals surface area contributed by atoms with Crippen LogP contribution in [0.3, 0.4) is 0 Å². The predicted octanol–water partition coefficient (Wildman–Crippen LogP) is 2.95. The van der Waals surface area contributed by atoms with Crippen molar-refractivity contribution in [2.45, 2.75) is 26.4 Å². The molecule has 0 saturated carbocycles. The number of aromatic nitrogens is 4. The summed E-state index contributed by atoms with van der Waals surface area (Å²) in [5.74, 6) is -1.09. The van der Waals surface area contributed by atoms with Crippen LogP contribution in [-0.2, 0) is 4.74 Å². The van der Waals surface area contributed by atoms with Gasteiger partial charge >= 0.3 is 5.97 Å². The Morgan fingerprint density at radius 3 is 2.69 bits per heavy atom. The Balaban J connectivity index is 1.98. The van der Waals surface area contributed by atoms with Gasteiger partial charge in [-0.2, -0.15) is 25.0 Å². The number of nitrogen functional groups attached to an aromatic ring is 1. The third-order valence-corrected chi connectivity index (χ3v) is 3.58. The monoisotopic (exact) mass is 395 g/mol. The van der Waals surface area contributed by atoms with E-state index in [1.165, 1.54) is 24.4 Å². The lowest BCUT2D eigenvalue weighted by atomic mass is 10.2. The highest BCUT2D eigenvalue weighted by atomic mass is 19.1. The standard InChI is InChI=1S/C19H18FN7O2/c1-19(2,3)29-17(28)12-10-23-27(16(12)22)18-24-11(9-21)8-15(26-18)25-14-7-5-4-6-13(14)20/h4-8,10H,22H2,1-3H3,(H,24,25,26). The van der Waals surface area contributed by atoms with Gasteiger partial charge in [0.2, 0.25) is 0 Å². The zero-order valence-corrected chi connectivity index (χ0v) is 16.0. The number of ether oxygens (including phenoxy) is 1. The van der Waals surface area contributed by atoms with E-state index in [9.17, 15) is 14.4 Å². The first-order valence-electron chi connectivity index (χ1n) is 8.56. The van der Waals surface area contributed by atoms with Crippen molar-refractivity contribution < 1.29 is 13.9 Å². The highest BCUT2D eigenvalue weighted by Gasteiger charge is 2.24. The molecule has 0 amide bonds. The van der Waals surface area contributed by atoms with Gasteiger partial charge < -0.3 is 15.8 Å². The number of nitrogens with two attached hydrogens (primary N) is 1. The summed E-state index contributed by atoms with van der Waals surface area (Å²) in [7, 11) is 0. The average Bonchev–Trinajstić information content (AvgIpc) is 3.03. The van der Waals surface area contributed by atoms with Crippen LogP contribution in [0.5, 0.6) is 0 Å². The van der Waals surface area contributed by atoms with Crippen molar-refractivity contribution in [3.8, 4) is 12.0 Å². The highest BCUT2D eigenvalue weighted by Crippen LogP contribution is 2.22. The lowest BCUT2D eigenvalue weighted by Gasteiger charge is -2.19. The van der Waals surface area contributed by atoms with Gasteiger partial charge in [0.25, 0.3) is 5.95 Å². The first-order chi connectivity index (χ1) is 13.7. The van der Waals surface area contributed by atoms with Gasteiger partial charge in [0.1, 0.15) is 40.4 Å². The van der Waals surface area contributed by atoms with E-state index < -0.39 is 17.4 Å². The van der Waals surface area contributed by atoms with E-state index in [1.807, 2.05) is 6.07 Å². The number of halogens is 1. The molecule has 3 aromatic rings. The number of nitriles is 1. The number of benzene rings is 1. The van der Waals surface area contributed by atoms with Crippen LogP contribution in [0.4, 0.5) is 21.7 Å². The Labute approximate surface area is 166 Å². The van der Waals surface area contributed by atoms with Crippen LogP contribution in [0.2, 0.25) is 0 Å². The Kier molecular flexibility index (Phi) is 5.14. The fourth-order valence-electron chi connectivity index (χ4n) is 2.36. The van der Waals surface area contributed by atoms with Crippen molar-refractivity contribution in [1.29, 1.82) is 5.26 Å². The number of carbonyl (C=O) groups is 1. The minimum atomic E-state index is -0.709. The third-order valence-electron chi connectivity index (χ3n) is 3.58. The molecular formula is C19H18FN7O2. The lowest BCUT2D eigenvalue weighted by molar-refractivity contribution is 0.00708. The molecule has 0 unspecified atom stereocenters. The number of esters is 1.